The summed E-state index contributed by atoms with van der Waals surface area (Å²) in [5.74, 6) is 0.888. The molecule has 0 spiro atoms. The summed E-state index contributed by atoms with van der Waals surface area (Å²) in [5, 5.41) is 0. The number of nitrogens with zero attached hydrogens (tertiary/aromatic N) is 1. The molecule has 0 aromatic rings. The van der Waals surface area contributed by atoms with Gasteiger partial charge in [-0.2, -0.15) is 0 Å². The highest BCUT2D eigenvalue weighted by Crippen LogP contribution is 2.28. The minimum Gasteiger partial charge on any atom is -0.371 e. The zero-order valence-corrected chi connectivity index (χ0v) is 12.3. The second-order valence-electron chi connectivity index (χ2n) is 5.60. The van der Waals surface area contributed by atoms with Gasteiger partial charge in [-0.15, -0.1) is 0 Å². The molecular formula is C13H23NO4S. The van der Waals surface area contributed by atoms with Gasteiger partial charge in [-0.1, -0.05) is 6.92 Å². The van der Waals surface area contributed by atoms with Gasteiger partial charge in [0.25, 0.3) is 0 Å². The molecule has 2 rings (SSSR count). The summed E-state index contributed by atoms with van der Waals surface area (Å²) in [6, 6.07) is -0.151. The van der Waals surface area contributed by atoms with E-state index in [2.05, 4.69) is 0 Å². The molecule has 1 atom stereocenters. The molecule has 1 aliphatic heterocycles. The van der Waals surface area contributed by atoms with Crippen molar-refractivity contribution in [3.05, 3.63) is 0 Å². The molecule has 0 bridgehead atoms. The molecule has 6 heteroatoms. The molecule has 1 aliphatic carbocycles. The van der Waals surface area contributed by atoms with Crippen LogP contribution in [0.3, 0.4) is 0 Å². The third-order valence-electron chi connectivity index (χ3n) is 3.71. The zero-order chi connectivity index (χ0) is 13.9. The molecule has 1 heterocycles. The lowest BCUT2D eigenvalue weighted by Gasteiger charge is -2.27. The fourth-order valence-corrected chi connectivity index (χ4v) is 4.18. The van der Waals surface area contributed by atoms with Crippen molar-refractivity contribution < 1.29 is 17.9 Å². The van der Waals surface area contributed by atoms with E-state index >= 15 is 0 Å². The maximum Gasteiger partial charge on any atom is 0.248 e. The second-order valence-corrected chi connectivity index (χ2v) is 7.83. The molecule has 0 radical (unpaired) electrons. The van der Waals surface area contributed by atoms with Crippen molar-refractivity contribution in [2.24, 2.45) is 5.92 Å². The van der Waals surface area contributed by atoms with Crippen LogP contribution in [0.5, 0.6) is 0 Å². The van der Waals surface area contributed by atoms with Crippen molar-refractivity contribution in [1.29, 1.82) is 0 Å². The van der Waals surface area contributed by atoms with Gasteiger partial charge in [-0.05, 0) is 31.6 Å². The number of carbonyl (C=O) groups excluding carboxylic acids is 1. The van der Waals surface area contributed by atoms with Gasteiger partial charge in [-0.3, -0.25) is 4.79 Å². The van der Waals surface area contributed by atoms with E-state index in [1.54, 1.807) is 4.90 Å². The van der Waals surface area contributed by atoms with E-state index in [4.69, 9.17) is 4.74 Å². The zero-order valence-electron chi connectivity index (χ0n) is 11.5. The Morgan fingerprint density at radius 3 is 2.58 bits per heavy atom. The van der Waals surface area contributed by atoms with Crippen LogP contribution in [-0.4, -0.2) is 56.5 Å². The second kappa shape index (κ2) is 6.22. The third kappa shape index (κ3) is 4.45. The first kappa shape index (κ1) is 14.8. The van der Waals surface area contributed by atoms with Crippen LogP contribution < -0.4 is 0 Å². The minimum absolute atomic E-state index is 0.0652. The summed E-state index contributed by atoms with van der Waals surface area (Å²) in [7, 11) is -2.95. The SMILES string of the molecule is CCCN(C(=O)COCC1CC1)C1CCS(=O)(=O)C1. The highest BCUT2D eigenvalue weighted by molar-refractivity contribution is 7.91. The average molecular weight is 289 g/mol. The lowest BCUT2D eigenvalue weighted by molar-refractivity contribution is -0.138. The van der Waals surface area contributed by atoms with Crippen molar-refractivity contribution in [2.75, 3.05) is 31.3 Å². The lowest BCUT2D eigenvalue weighted by atomic mass is 10.2. The number of ether oxygens (including phenoxy) is 1. The summed E-state index contributed by atoms with van der Waals surface area (Å²) in [6.07, 6.45) is 3.81. The topological polar surface area (TPSA) is 63.7 Å². The van der Waals surface area contributed by atoms with E-state index in [0.717, 1.165) is 6.42 Å². The molecular weight excluding hydrogens is 266 g/mol. The maximum atomic E-state index is 12.1. The van der Waals surface area contributed by atoms with Crippen LogP contribution in [0.15, 0.2) is 0 Å². The van der Waals surface area contributed by atoms with E-state index in [-0.39, 0.29) is 30.1 Å². The van der Waals surface area contributed by atoms with Crippen molar-refractivity contribution in [3.63, 3.8) is 0 Å². The monoisotopic (exact) mass is 289 g/mol. The summed E-state index contributed by atoms with van der Waals surface area (Å²) in [5.41, 5.74) is 0. The number of hydrogen-bond acceptors (Lipinski definition) is 4. The molecule has 2 fully saturated rings. The third-order valence-corrected chi connectivity index (χ3v) is 5.46. The number of hydrogen-bond donors (Lipinski definition) is 0. The summed E-state index contributed by atoms with van der Waals surface area (Å²) < 4.78 is 28.4. The van der Waals surface area contributed by atoms with Gasteiger partial charge < -0.3 is 9.64 Å². The Kier molecular flexibility index (Phi) is 4.84. The fourth-order valence-electron chi connectivity index (χ4n) is 2.45. The molecule has 1 saturated heterocycles. The minimum atomic E-state index is -2.95. The standard InChI is InChI=1S/C13H23NO4S/c1-2-6-14(12-5-7-19(16,17)10-12)13(15)9-18-8-11-3-4-11/h11-12H,2-10H2,1H3. The average Bonchev–Trinajstić information content (AvgIpc) is 3.09. The Balaban J connectivity index is 1.84. The van der Waals surface area contributed by atoms with E-state index in [1.807, 2.05) is 6.92 Å². The molecule has 5 nitrogen and oxygen atoms in total. The predicted octanol–water partition coefficient (Wildman–Crippen LogP) is 0.839. The lowest BCUT2D eigenvalue weighted by Crippen LogP contribution is -2.43. The number of amides is 1. The van der Waals surface area contributed by atoms with Crippen LogP contribution >= 0.6 is 0 Å². The number of carbonyl (C=O) groups is 1. The smallest absolute Gasteiger partial charge is 0.248 e. The molecule has 1 saturated carbocycles. The van der Waals surface area contributed by atoms with E-state index in [0.29, 0.717) is 25.5 Å². The van der Waals surface area contributed by atoms with E-state index in [1.165, 1.54) is 12.8 Å². The normalized spacial score (nSPS) is 25.4. The van der Waals surface area contributed by atoms with Gasteiger partial charge in [0.2, 0.25) is 5.91 Å². The maximum absolute atomic E-state index is 12.1. The van der Waals surface area contributed by atoms with Gasteiger partial charge in [0.1, 0.15) is 6.61 Å². The predicted molar refractivity (Wildman–Crippen MR) is 72.6 cm³/mol. The first-order chi connectivity index (χ1) is 9.02. The quantitative estimate of drug-likeness (QED) is 0.696. The highest BCUT2D eigenvalue weighted by Gasteiger charge is 2.34. The van der Waals surface area contributed by atoms with Crippen LogP contribution in [0.25, 0.3) is 0 Å². The van der Waals surface area contributed by atoms with E-state index in [9.17, 15) is 13.2 Å². The Bertz CT molecular complexity index is 416. The fraction of sp³-hybridized carbons (Fsp3) is 0.923. The number of rotatable bonds is 7. The molecule has 0 N–H and O–H groups in total. The molecule has 1 amide bonds. The van der Waals surface area contributed by atoms with Gasteiger partial charge in [0.15, 0.2) is 9.84 Å². The molecule has 2 aliphatic rings. The Morgan fingerprint density at radius 2 is 2.05 bits per heavy atom. The van der Waals surface area contributed by atoms with Crippen LogP contribution in [0.4, 0.5) is 0 Å². The van der Waals surface area contributed by atoms with Gasteiger partial charge >= 0.3 is 0 Å². The molecule has 110 valence electrons. The largest absolute Gasteiger partial charge is 0.371 e. The Hall–Kier alpha value is -0.620. The van der Waals surface area contributed by atoms with Crippen molar-refractivity contribution in [1.82, 2.24) is 4.90 Å². The first-order valence-corrected chi connectivity index (χ1v) is 8.91. The summed E-state index contributed by atoms with van der Waals surface area (Å²) >= 11 is 0. The molecule has 1 unspecified atom stereocenters. The van der Waals surface area contributed by atoms with Crippen LogP contribution in [-0.2, 0) is 19.4 Å². The van der Waals surface area contributed by atoms with Crippen molar-refractivity contribution in [2.45, 2.75) is 38.6 Å². The Morgan fingerprint density at radius 1 is 1.32 bits per heavy atom. The highest BCUT2D eigenvalue weighted by atomic mass is 32.2. The van der Waals surface area contributed by atoms with Crippen molar-refractivity contribution >= 4 is 15.7 Å². The number of sulfone groups is 1. The first-order valence-electron chi connectivity index (χ1n) is 7.09. The molecule has 0 aromatic carbocycles. The van der Waals surface area contributed by atoms with Gasteiger partial charge in [0, 0.05) is 12.6 Å². The van der Waals surface area contributed by atoms with Gasteiger partial charge in [0.05, 0.1) is 18.1 Å². The van der Waals surface area contributed by atoms with Crippen LogP contribution in [0.1, 0.15) is 32.6 Å². The van der Waals surface area contributed by atoms with Gasteiger partial charge in [-0.25, -0.2) is 8.42 Å². The van der Waals surface area contributed by atoms with E-state index < -0.39 is 9.84 Å². The molecule has 0 aromatic heterocycles. The Labute approximate surface area is 115 Å². The molecule has 19 heavy (non-hydrogen) atoms. The summed E-state index contributed by atoms with van der Waals surface area (Å²) in [6.45, 7) is 3.36. The van der Waals surface area contributed by atoms with Crippen molar-refractivity contribution in [3.8, 4) is 0 Å². The van der Waals surface area contributed by atoms with Crippen LogP contribution in [0.2, 0.25) is 0 Å². The summed E-state index contributed by atoms with van der Waals surface area (Å²) in [4.78, 5) is 13.8. The van der Waals surface area contributed by atoms with Crippen LogP contribution in [0, 0.1) is 5.92 Å².